The van der Waals surface area contributed by atoms with Crippen LogP contribution >= 0.6 is 19.2 Å². The van der Waals surface area contributed by atoms with Gasteiger partial charge in [-0.15, -0.1) is 0 Å². The highest BCUT2D eigenvalue weighted by Crippen LogP contribution is 2.44. The fourth-order valence-electron chi connectivity index (χ4n) is 1.94. The molecule has 1 unspecified atom stereocenters. The Balaban J connectivity index is 2.36. The van der Waals surface area contributed by atoms with Crippen molar-refractivity contribution in [3.8, 4) is 17.2 Å². The lowest BCUT2D eigenvalue weighted by Crippen LogP contribution is -2.13. The number of rotatable bonds is 6. The smallest absolute Gasteiger partial charge is 0.416 e. The fraction of sp³-hybridized carbons (Fsp3) is 0.200. The van der Waals surface area contributed by atoms with Crippen LogP contribution < -0.4 is 9.47 Å². The number of halogens is 4. The topological polar surface area (TPSA) is 119 Å². The molecule has 0 radical (unpaired) electrons. The molecule has 0 aliphatic carbocycles. The normalized spacial score (nSPS) is 13.1. The summed E-state index contributed by atoms with van der Waals surface area (Å²) in [4.78, 5) is 28.4. The molecule has 13 heteroatoms. The van der Waals surface area contributed by atoms with Crippen LogP contribution in [0.4, 0.5) is 18.9 Å². The van der Waals surface area contributed by atoms with Crippen molar-refractivity contribution in [3.63, 3.8) is 0 Å². The lowest BCUT2D eigenvalue weighted by Gasteiger charge is -2.16. The number of benzene rings is 2. The fourth-order valence-corrected chi connectivity index (χ4v) is 2.41. The SMILES string of the molecule is CC(Oc1cc(Oc2ccc(C(F)(F)F)cc2Cl)ccc1[N+](=O)[O-])P(=O)(O)O. The van der Waals surface area contributed by atoms with Gasteiger partial charge in [0.1, 0.15) is 11.5 Å². The van der Waals surface area contributed by atoms with Crippen LogP contribution in [0.1, 0.15) is 12.5 Å². The molecular weight excluding hydrogens is 430 g/mol. The first-order valence-electron chi connectivity index (χ1n) is 7.34. The van der Waals surface area contributed by atoms with Crippen molar-refractivity contribution in [2.45, 2.75) is 18.9 Å². The van der Waals surface area contributed by atoms with Crippen LogP contribution in [0.3, 0.4) is 0 Å². The third-order valence-electron chi connectivity index (χ3n) is 3.39. The van der Waals surface area contributed by atoms with Gasteiger partial charge in [-0.3, -0.25) is 14.7 Å². The van der Waals surface area contributed by atoms with Crippen molar-refractivity contribution in [1.29, 1.82) is 0 Å². The summed E-state index contributed by atoms with van der Waals surface area (Å²) in [6.45, 7) is 1.02. The Morgan fingerprint density at radius 1 is 1.18 bits per heavy atom. The molecule has 0 saturated heterocycles. The summed E-state index contributed by atoms with van der Waals surface area (Å²) >= 11 is 5.78. The molecule has 0 bridgehead atoms. The molecule has 0 spiro atoms. The summed E-state index contributed by atoms with van der Waals surface area (Å²) < 4.78 is 59.5. The van der Waals surface area contributed by atoms with Gasteiger partial charge < -0.3 is 19.3 Å². The Morgan fingerprint density at radius 2 is 1.82 bits per heavy atom. The summed E-state index contributed by atoms with van der Waals surface area (Å²) in [5, 5.41) is 10.7. The van der Waals surface area contributed by atoms with Gasteiger partial charge >= 0.3 is 19.5 Å². The molecule has 0 heterocycles. The number of hydrogen-bond acceptors (Lipinski definition) is 5. The first-order chi connectivity index (χ1) is 12.8. The summed E-state index contributed by atoms with van der Waals surface area (Å²) in [5.74, 6) is -2.46. The first kappa shape index (κ1) is 22.0. The van der Waals surface area contributed by atoms with E-state index in [1.54, 1.807) is 0 Å². The van der Waals surface area contributed by atoms with Gasteiger partial charge in [0.15, 0.2) is 5.85 Å². The van der Waals surface area contributed by atoms with Crippen molar-refractivity contribution in [2.75, 3.05) is 0 Å². The molecule has 0 aliphatic heterocycles. The largest absolute Gasteiger partial charge is 0.471 e. The Hall–Kier alpha value is -2.33. The van der Waals surface area contributed by atoms with E-state index in [0.29, 0.717) is 6.07 Å². The average Bonchev–Trinajstić information content (AvgIpc) is 2.54. The van der Waals surface area contributed by atoms with E-state index in [9.17, 15) is 27.9 Å². The molecule has 152 valence electrons. The van der Waals surface area contributed by atoms with E-state index in [1.165, 1.54) is 0 Å². The molecule has 0 aliphatic rings. The number of nitro groups is 1. The molecule has 0 saturated carbocycles. The zero-order valence-corrected chi connectivity index (χ0v) is 15.5. The number of hydrogen-bond donors (Lipinski definition) is 2. The van der Waals surface area contributed by atoms with E-state index in [-0.39, 0.29) is 16.5 Å². The number of ether oxygens (including phenoxy) is 2. The second-order valence-corrected chi connectivity index (χ2v) is 7.75. The minimum atomic E-state index is -4.70. The predicted octanol–water partition coefficient (Wildman–Crippen LogP) is 4.96. The maximum absolute atomic E-state index is 12.7. The molecule has 1 atom stereocenters. The van der Waals surface area contributed by atoms with Gasteiger partial charge in [0.05, 0.1) is 15.5 Å². The first-order valence-corrected chi connectivity index (χ1v) is 9.40. The molecule has 28 heavy (non-hydrogen) atoms. The maximum Gasteiger partial charge on any atom is 0.416 e. The monoisotopic (exact) mass is 441 g/mol. The minimum absolute atomic E-state index is 0.111. The minimum Gasteiger partial charge on any atom is -0.471 e. The van der Waals surface area contributed by atoms with Gasteiger partial charge in [0.2, 0.25) is 5.75 Å². The Bertz CT molecular complexity index is 948. The molecule has 2 aromatic carbocycles. The molecule has 8 nitrogen and oxygen atoms in total. The molecule has 2 aromatic rings. The lowest BCUT2D eigenvalue weighted by molar-refractivity contribution is -0.386. The number of nitrogens with zero attached hydrogens (tertiary/aromatic N) is 1. The average molecular weight is 442 g/mol. The molecule has 2 rings (SSSR count). The van der Waals surface area contributed by atoms with E-state index in [4.69, 9.17) is 30.9 Å². The summed E-state index contributed by atoms with van der Waals surface area (Å²) in [6, 6.07) is 5.40. The van der Waals surface area contributed by atoms with E-state index < -0.39 is 41.5 Å². The van der Waals surface area contributed by atoms with Crippen LogP contribution in [0.25, 0.3) is 0 Å². The van der Waals surface area contributed by atoms with Crippen LogP contribution in [-0.4, -0.2) is 20.6 Å². The number of alkyl halides is 3. The van der Waals surface area contributed by atoms with Crippen molar-refractivity contribution in [3.05, 3.63) is 57.1 Å². The highest BCUT2D eigenvalue weighted by Gasteiger charge is 2.31. The second kappa shape index (κ2) is 7.96. The van der Waals surface area contributed by atoms with Crippen LogP contribution in [0.5, 0.6) is 17.2 Å². The Labute approximate surface area is 160 Å². The zero-order valence-electron chi connectivity index (χ0n) is 13.9. The van der Waals surface area contributed by atoms with Crippen molar-refractivity contribution >= 4 is 24.9 Å². The maximum atomic E-state index is 12.7. The van der Waals surface area contributed by atoms with Crippen LogP contribution in [0.15, 0.2) is 36.4 Å². The van der Waals surface area contributed by atoms with E-state index in [0.717, 1.165) is 37.3 Å². The Morgan fingerprint density at radius 3 is 2.32 bits per heavy atom. The van der Waals surface area contributed by atoms with Crippen molar-refractivity contribution in [2.24, 2.45) is 0 Å². The summed E-state index contributed by atoms with van der Waals surface area (Å²) in [6.07, 6.45) is -4.60. The van der Waals surface area contributed by atoms with Gasteiger partial charge in [-0.1, -0.05) is 11.6 Å². The van der Waals surface area contributed by atoms with Gasteiger partial charge in [-0.05, 0) is 31.2 Å². The van der Waals surface area contributed by atoms with Gasteiger partial charge in [0.25, 0.3) is 0 Å². The highest BCUT2D eigenvalue weighted by atomic mass is 35.5. The third-order valence-corrected chi connectivity index (χ3v) is 4.73. The van der Waals surface area contributed by atoms with E-state index in [1.807, 2.05) is 0 Å². The Kier molecular flexibility index (Phi) is 6.24. The zero-order chi connectivity index (χ0) is 21.3. The summed E-state index contributed by atoms with van der Waals surface area (Å²) in [7, 11) is -4.70. The molecule has 2 N–H and O–H groups in total. The standard InChI is InChI=1S/C15H12ClF3NO7P/c1-8(28(23,24)25)26-14-7-10(3-4-12(14)20(21)22)27-13-5-2-9(6-11(13)16)15(17,18)19/h2-8H,1H3,(H2,23,24,25). The summed E-state index contributed by atoms with van der Waals surface area (Å²) in [5.41, 5.74) is -1.58. The van der Waals surface area contributed by atoms with Crippen molar-refractivity contribution < 1.29 is 41.9 Å². The van der Waals surface area contributed by atoms with Crippen LogP contribution in [-0.2, 0) is 10.7 Å². The second-order valence-electron chi connectivity index (χ2n) is 5.44. The van der Waals surface area contributed by atoms with E-state index >= 15 is 0 Å². The number of nitro benzene ring substituents is 1. The van der Waals surface area contributed by atoms with Crippen molar-refractivity contribution in [1.82, 2.24) is 0 Å². The van der Waals surface area contributed by atoms with Gasteiger partial charge in [0, 0.05) is 12.1 Å². The van der Waals surface area contributed by atoms with Crippen LogP contribution in [0.2, 0.25) is 5.02 Å². The lowest BCUT2D eigenvalue weighted by atomic mass is 10.2. The molecular formula is C15H12ClF3NO7P. The highest BCUT2D eigenvalue weighted by molar-refractivity contribution is 7.52. The molecule has 0 fully saturated rings. The predicted molar refractivity (Wildman–Crippen MR) is 91.8 cm³/mol. The van der Waals surface area contributed by atoms with Gasteiger partial charge in [-0.2, -0.15) is 13.2 Å². The third kappa shape index (κ3) is 5.35. The molecule has 0 amide bonds. The van der Waals surface area contributed by atoms with E-state index in [2.05, 4.69) is 0 Å². The van der Waals surface area contributed by atoms with Crippen LogP contribution in [0, 0.1) is 10.1 Å². The quantitative estimate of drug-likeness (QED) is 0.369. The van der Waals surface area contributed by atoms with Gasteiger partial charge in [-0.25, -0.2) is 0 Å². The molecule has 0 aromatic heterocycles.